The Labute approximate surface area is 89.4 Å². The molecule has 0 saturated carbocycles. The van der Waals surface area contributed by atoms with Gasteiger partial charge in [-0.25, -0.2) is 4.79 Å². The van der Waals surface area contributed by atoms with Crippen LogP contribution in [0, 0.1) is 0 Å². The first-order chi connectivity index (χ1) is 7.26. The molecular weight excluding hydrogens is 192 g/mol. The Morgan fingerprint density at radius 1 is 1.40 bits per heavy atom. The summed E-state index contributed by atoms with van der Waals surface area (Å²) in [5, 5.41) is 2.63. The average Bonchev–Trinajstić information content (AvgIpc) is 2.27. The molecule has 0 bridgehead atoms. The predicted molar refractivity (Wildman–Crippen MR) is 59.6 cm³/mol. The van der Waals surface area contributed by atoms with Crippen LogP contribution in [0.4, 0.5) is 10.5 Å². The molecule has 0 fully saturated rings. The molecule has 1 aromatic rings. The number of amides is 1. The van der Waals surface area contributed by atoms with E-state index in [2.05, 4.69) is 5.32 Å². The zero-order valence-corrected chi connectivity index (χ0v) is 8.82. The number of benzene rings is 1. The van der Waals surface area contributed by atoms with Gasteiger partial charge in [0.2, 0.25) is 0 Å². The first kappa shape index (κ1) is 11.5. The number of hydrogen-bond acceptors (Lipinski definition) is 3. The third kappa shape index (κ3) is 3.99. The normalized spacial score (nSPS) is 9.73. The molecule has 4 nitrogen and oxygen atoms in total. The van der Waals surface area contributed by atoms with E-state index in [4.69, 9.17) is 10.5 Å². The average molecular weight is 208 g/mol. The maximum Gasteiger partial charge on any atom is 0.411 e. The van der Waals surface area contributed by atoms with E-state index in [1.54, 1.807) is 12.1 Å². The molecule has 1 rings (SSSR count). The summed E-state index contributed by atoms with van der Waals surface area (Å²) in [4.78, 5) is 11.2. The van der Waals surface area contributed by atoms with E-state index in [9.17, 15) is 4.79 Å². The van der Waals surface area contributed by atoms with Gasteiger partial charge in [-0.3, -0.25) is 5.32 Å². The summed E-state index contributed by atoms with van der Waals surface area (Å²) in [6.07, 6.45) is 0.400. The molecule has 15 heavy (non-hydrogen) atoms. The first-order valence-electron chi connectivity index (χ1n) is 4.99. The summed E-state index contributed by atoms with van der Waals surface area (Å²) in [6, 6.07) is 7.34. The summed E-state index contributed by atoms with van der Waals surface area (Å²) >= 11 is 0. The van der Waals surface area contributed by atoms with Gasteiger partial charge in [-0.15, -0.1) is 0 Å². The largest absolute Gasteiger partial charge is 0.449 e. The standard InChI is InChI=1S/C11H16N2O2/c1-2-7-15-11(14)13-10-5-3-9(8-12)4-6-10/h3-6H,2,7-8,12H2,1H3,(H,13,14). The Bertz CT molecular complexity index is 309. The number of carbonyl (C=O) groups is 1. The molecule has 0 saturated heterocycles. The number of rotatable bonds is 4. The van der Waals surface area contributed by atoms with Crippen molar-refractivity contribution in [2.24, 2.45) is 5.73 Å². The second-order valence-electron chi connectivity index (χ2n) is 3.16. The highest BCUT2D eigenvalue weighted by Crippen LogP contribution is 2.09. The van der Waals surface area contributed by atoms with Gasteiger partial charge in [0.1, 0.15) is 0 Å². The van der Waals surface area contributed by atoms with Crippen LogP contribution in [0.3, 0.4) is 0 Å². The van der Waals surface area contributed by atoms with Crippen LogP contribution in [0.2, 0.25) is 0 Å². The van der Waals surface area contributed by atoms with Crippen molar-refractivity contribution in [1.82, 2.24) is 0 Å². The van der Waals surface area contributed by atoms with Crippen molar-refractivity contribution < 1.29 is 9.53 Å². The molecule has 0 aliphatic heterocycles. The van der Waals surface area contributed by atoms with Crippen molar-refractivity contribution in [2.75, 3.05) is 11.9 Å². The molecule has 1 aromatic carbocycles. The summed E-state index contributed by atoms with van der Waals surface area (Å²) in [6.45, 7) is 2.89. The van der Waals surface area contributed by atoms with Gasteiger partial charge < -0.3 is 10.5 Å². The number of carbonyl (C=O) groups excluding carboxylic acids is 1. The minimum atomic E-state index is -0.419. The Kier molecular flexibility index (Phi) is 4.63. The minimum absolute atomic E-state index is 0.419. The van der Waals surface area contributed by atoms with E-state index in [0.29, 0.717) is 18.8 Å². The fourth-order valence-electron chi connectivity index (χ4n) is 1.07. The fraction of sp³-hybridized carbons (Fsp3) is 0.364. The van der Waals surface area contributed by atoms with Gasteiger partial charge in [-0.2, -0.15) is 0 Å². The Hall–Kier alpha value is -1.55. The highest BCUT2D eigenvalue weighted by Gasteiger charge is 2.01. The van der Waals surface area contributed by atoms with Crippen LogP contribution < -0.4 is 11.1 Å². The molecule has 0 aliphatic rings. The number of nitrogens with one attached hydrogen (secondary N) is 1. The van der Waals surface area contributed by atoms with Gasteiger partial charge in [-0.05, 0) is 24.1 Å². The van der Waals surface area contributed by atoms with E-state index in [1.165, 1.54) is 0 Å². The summed E-state index contributed by atoms with van der Waals surface area (Å²) in [5.74, 6) is 0. The highest BCUT2D eigenvalue weighted by atomic mass is 16.5. The molecule has 4 heteroatoms. The summed E-state index contributed by atoms with van der Waals surface area (Å²) < 4.78 is 4.88. The van der Waals surface area contributed by atoms with Gasteiger partial charge in [0.05, 0.1) is 6.61 Å². The van der Waals surface area contributed by atoms with E-state index in [1.807, 2.05) is 19.1 Å². The zero-order chi connectivity index (χ0) is 11.1. The first-order valence-corrected chi connectivity index (χ1v) is 4.99. The van der Waals surface area contributed by atoms with Gasteiger partial charge in [0, 0.05) is 12.2 Å². The Morgan fingerprint density at radius 3 is 2.60 bits per heavy atom. The van der Waals surface area contributed by atoms with E-state index >= 15 is 0 Å². The van der Waals surface area contributed by atoms with E-state index in [0.717, 1.165) is 12.0 Å². The molecule has 3 N–H and O–H groups in total. The molecule has 0 heterocycles. The minimum Gasteiger partial charge on any atom is -0.449 e. The van der Waals surface area contributed by atoms with Crippen molar-refractivity contribution in [2.45, 2.75) is 19.9 Å². The molecule has 0 radical (unpaired) electrons. The summed E-state index contributed by atoms with van der Waals surface area (Å²) in [7, 11) is 0. The number of ether oxygens (including phenoxy) is 1. The van der Waals surface area contributed by atoms with Crippen LogP contribution >= 0.6 is 0 Å². The molecular formula is C11H16N2O2. The van der Waals surface area contributed by atoms with Crippen LogP contribution in [0.5, 0.6) is 0 Å². The lowest BCUT2D eigenvalue weighted by molar-refractivity contribution is 0.161. The molecule has 1 amide bonds. The van der Waals surface area contributed by atoms with Gasteiger partial charge in [0.25, 0.3) is 0 Å². The Balaban J connectivity index is 2.46. The topological polar surface area (TPSA) is 64.3 Å². The van der Waals surface area contributed by atoms with Crippen LogP contribution in [-0.4, -0.2) is 12.7 Å². The zero-order valence-electron chi connectivity index (χ0n) is 8.82. The van der Waals surface area contributed by atoms with Gasteiger partial charge in [0.15, 0.2) is 0 Å². The molecule has 0 aliphatic carbocycles. The van der Waals surface area contributed by atoms with Crippen molar-refractivity contribution >= 4 is 11.8 Å². The second-order valence-corrected chi connectivity index (χ2v) is 3.16. The smallest absolute Gasteiger partial charge is 0.411 e. The molecule has 0 unspecified atom stereocenters. The van der Waals surface area contributed by atoms with Crippen molar-refractivity contribution in [1.29, 1.82) is 0 Å². The third-order valence-corrected chi connectivity index (χ3v) is 1.87. The SMILES string of the molecule is CCCOC(=O)Nc1ccc(CN)cc1. The molecule has 82 valence electrons. The predicted octanol–water partition coefficient (Wildman–Crippen LogP) is 2.10. The van der Waals surface area contributed by atoms with Gasteiger partial charge in [-0.1, -0.05) is 19.1 Å². The molecule has 0 spiro atoms. The van der Waals surface area contributed by atoms with Crippen LogP contribution in [0.1, 0.15) is 18.9 Å². The monoisotopic (exact) mass is 208 g/mol. The number of nitrogens with two attached hydrogens (primary N) is 1. The molecule has 0 aromatic heterocycles. The van der Waals surface area contributed by atoms with Gasteiger partial charge >= 0.3 is 6.09 Å². The lowest BCUT2D eigenvalue weighted by Gasteiger charge is -2.06. The molecule has 0 atom stereocenters. The Morgan fingerprint density at radius 2 is 2.07 bits per heavy atom. The van der Waals surface area contributed by atoms with Crippen LogP contribution in [0.25, 0.3) is 0 Å². The lowest BCUT2D eigenvalue weighted by atomic mass is 10.2. The highest BCUT2D eigenvalue weighted by molar-refractivity contribution is 5.84. The number of anilines is 1. The van der Waals surface area contributed by atoms with Crippen LogP contribution in [-0.2, 0) is 11.3 Å². The van der Waals surface area contributed by atoms with Crippen LogP contribution in [0.15, 0.2) is 24.3 Å². The van der Waals surface area contributed by atoms with Crippen molar-refractivity contribution in [3.63, 3.8) is 0 Å². The lowest BCUT2D eigenvalue weighted by Crippen LogP contribution is -2.14. The van der Waals surface area contributed by atoms with E-state index in [-0.39, 0.29) is 0 Å². The maximum atomic E-state index is 11.2. The third-order valence-electron chi connectivity index (χ3n) is 1.87. The van der Waals surface area contributed by atoms with Crippen molar-refractivity contribution in [3.8, 4) is 0 Å². The quantitative estimate of drug-likeness (QED) is 0.796. The summed E-state index contributed by atoms with van der Waals surface area (Å²) in [5.41, 5.74) is 7.20. The van der Waals surface area contributed by atoms with Crippen molar-refractivity contribution in [3.05, 3.63) is 29.8 Å². The second kappa shape index (κ2) is 6.03. The fourth-order valence-corrected chi connectivity index (χ4v) is 1.07. The number of hydrogen-bond donors (Lipinski definition) is 2. The van der Waals surface area contributed by atoms with E-state index < -0.39 is 6.09 Å². The maximum absolute atomic E-state index is 11.2.